The summed E-state index contributed by atoms with van der Waals surface area (Å²) >= 11 is 0. The quantitative estimate of drug-likeness (QED) is 0.395. The van der Waals surface area contributed by atoms with E-state index in [1.165, 1.54) is 11.1 Å². The van der Waals surface area contributed by atoms with Gasteiger partial charge in [-0.3, -0.25) is 9.80 Å². The standard InChI is InChI=1S/C30H44N2O5/c1-2-17-35-26-30-27-36-21-20-33-18-15-31(24-28-9-5-3-6-10-28)13-14-32(16-19-34-22-23-37-30)25-29-11-7-4-8-12-29/h2-12,30H,1,13-27H2. The zero-order valence-corrected chi connectivity index (χ0v) is 22.2. The maximum absolute atomic E-state index is 5.96. The van der Waals surface area contributed by atoms with Crippen molar-refractivity contribution in [1.82, 2.24) is 9.80 Å². The third-order valence-corrected chi connectivity index (χ3v) is 6.13. The smallest absolute Gasteiger partial charge is 0.104 e. The Kier molecular flexibility index (Phi) is 15.2. The molecule has 0 spiro atoms. The summed E-state index contributed by atoms with van der Waals surface area (Å²) < 4.78 is 29.2. The van der Waals surface area contributed by atoms with Crippen molar-refractivity contribution in [2.24, 2.45) is 0 Å². The molecule has 2 aromatic rings. The van der Waals surface area contributed by atoms with E-state index in [9.17, 15) is 0 Å². The van der Waals surface area contributed by atoms with Crippen molar-refractivity contribution >= 4 is 0 Å². The van der Waals surface area contributed by atoms with Crippen LogP contribution in [0.5, 0.6) is 0 Å². The molecule has 1 aliphatic rings. The van der Waals surface area contributed by atoms with Crippen LogP contribution in [0.25, 0.3) is 0 Å². The van der Waals surface area contributed by atoms with E-state index in [1.54, 1.807) is 6.08 Å². The predicted octanol–water partition coefficient (Wildman–Crippen LogP) is 3.64. The lowest BCUT2D eigenvalue weighted by Gasteiger charge is -2.28. The van der Waals surface area contributed by atoms with E-state index in [0.29, 0.717) is 59.5 Å². The number of hydrogen-bond donors (Lipinski definition) is 0. The minimum atomic E-state index is -0.140. The van der Waals surface area contributed by atoms with Gasteiger partial charge in [0, 0.05) is 39.3 Å². The Morgan fingerprint density at radius 3 is 1.81 bits per heavy atom. The fourth-order valence-electron chi connectivity index (χ4n) is 4.13. The SMILES string of the molecule is C=CCOCC1COCCOCCN(Cc2ccccc2)CCN(Cc2ccccc2)CCOCCO1. The molecule has 0 radical (unpaired) electrons. The lowest BCUT2D eigenvalue weighted by Crippen LogP contribution is -2.38. The van der Waals surface area contributed by atoms with Gasteiger partial charge in [-0.25, -0.2) is 0 Å². The van der Waals surface area contributed by atoms with Gasteiger partial charge < -0.3 is 23.7 Å². The monoisotopic (exact) mass is 512 g/mol. The third kappa shape index (κ3) is 13.3. The highest BCUT2D eigenvalue weighted by Crippen LogP contribution is 2.08. The molecule has 1 atom stereocenters. The van der Waals surface area contributed by atoms with Crippen molar-refractivity contribution in [2.45, 2.75) is 19.2 Å². The van der Waals surface area contributed by atoms with Crippen molar-refractivity contribution in [1.29, 1.82) is 0 Å². The molecule has 204 valence electrons. The summed E-state index contributed by atoms with van der Waals surface area (Å²) in [6, 6.07) is 21.3. The molecule has 7 heteroatoms. The van der Waals surface area contributed by atoms with Crippen LogP contribution >= 0.6 is 0 Å². The molecule has 2 aromatic carbocycles. The van der Waals surface area contributed by atoms with Crippen LogP contribution in [-0.4, -0.2) is 102 Å². The first-order valence-electron chi connectivity index (χ1n) is 13.4. The molecule has 7 nitrogen and oxygen atoms in total. The fourth-order valence-corrected chi connectivity index (χ4v) is 4.13. The molecule has 0 N–H and O–H groups in total. The minimum Gasteiger partial charge on any atom is -0.378 e. The molecular weight excluding hydrogens is 468 g/mol. The highest BCUT2D eigenvalue weighted by Gasteiger charge is 2.13. The number of hydrogen-bond acceptors (Lipinski definition) is 7. The Hall–Kier alpha value is -2.10. The van der Waals surface area contributed by atoms with Crippen LogP contribution in [0.3, 0.4) is 0 Å². The van der Waals surface area contributed by atoms with E-state index < -0.39 is 0 Å². The van der Waals surface area contributed by atoms with Crippen LogP contribution in [0.1, 0.15) is 11.1 Å². The molecule has 1 fully saturated rings. The van der Waals surface area contributed by atoms with Gasteiger partial charge in [-0.1, -0.05) is 66.7 Å². The predicted molar refractivity (Wildman–Crippen MR) is 147 cm³/mol. The molecule has 0 amide bonds. The molecule has 1 heterocycles. The van der Waals surface area contributed by atoms with Crippen molar-refractivity contribution in [3.63, 3.8) is 0 Å². The lowest BCUT2D eigenvalue weighted by atomic mass is 10.2. The third-order valence-electron chi connectivity index (χ3n) is 6.13. The van der Waals surface area contributed by atoms with Gasteiger partial charge in [0.2, 0.25) is 0 Å². The van der Waals surface area contributed by atoms with E-state index in [-0.39, 0.29) is 6.10 Å². The Balaban J connectivity index is 1.58. The largest absolute Gasteiger partial charge is 0.378 e. The van der Waals surface area contributed by atoms with E-state index in [2.05, 4.69) is 77.0 Å². The summed E-state index contributed by atoms with van der Waals surface area (Å²) in [6.07, 6.45) is 1.60. The zero-order chi connectivity index (χ0) is 25.8. The Bertz CT molecular complexity index is 823. The van der Waals surface area contributed by atoms with Gasteiger partial charge in [0.1, 0.15) is 6.10 Å². The first-order chi connectivity index (χ1) is 18.3. The Morgan fingerprint density at radius 1 is 0.703 bits per heavy atom. The van der Waals surface area contributed by atoms with Crippen LogP contribution in [0, 0.1) is 0 Å². The second-order valence-corrected chi connectivity index (χ2v) is 9.14. The van der Waals surface area contributed by atoms with Gasteiger partial charge in [-0.2, -0.15) is 0 Å². The maximum atomic E-state index is 5.96. The summed E-state index contributed by atoms with van der Waals surface area (Å²) in [5.41, 5.74) is 2.63. The number of ether oxygens (including phenoxy) is 5. The summed E-state index contributed by atoms with van der Waals surface area (Å²) in [6.45, 7) is 14.0. The second kappa shape index (κ2) is 19.0. The average molecular weight is 513 g/mol. The van der Waals surface area contributed by atoms with Crippen LogP contribution in [0.2, 0.25) is 0 Å². The van der Waals surface area contributed by atoms with E-state index >= 15 is 0 Å². The zero-order valence-electron chi connectivity index (χ0n) is 22.2. The Labute approximate surface area is 222 Å². The van der Waals surface area contributed by atoms with E-state index in [1.807, 2.05) is 0 Å². The Morgan fingerprint density at radius 2 is 1.24 bits per heavy atom. The van der Waals surface area contributed by atoms with Crippen LogP contribution < -0.4 is 0 Å². The van der Waals surface area contributed by atoms with Crippen LogP contribution in [0.4, 0.5) is 0 Å². The fraction of sp³-hybridized carbons (Fsp3) is 0.533. The molecule has 1 saturated heterocycles. The molecule has 1 aliphatic heterocycles. The molecule has 0 aromatic heterocycles. The second-order valence-electron chi connectivity index (χ2n) is 9.14. The van der Waals surface area contributed by atoms with Gasteiger partial charge in [-0.15, -0.1) is 6.58 Å². The number of nitrogens with zero attached hydrogens (tertiary/aromatic N) is 2. The summed E-state index contributed by atoms with van der Waals surface area (Å²) in [5, 5.41) is 0. The van der Waals surface area contributed by atoms with Crippen molar-refractivity contribution in [2.75, 3.05) is 85.6 Å². The van der Waals surface area contributed by atoms with Crippen molar-refractivity contribution in [3.8, 4) is 0 Å². The van der Waals surface area contributed by atoms with Crippen LogP contribution in [0.15, 0.2) is 73.3 Å². The normalized spacial score (nSPS) is 20.6. The van der Waals surface area contributed by atoms with Gasteiger partial charge in [-0.05, 0) is 11.1 Å². The van der Waals surface area contributed by atoms with E-state index in [4.69, 9.17) is 23.7 Å². The summed E-state index contributed by atoms with van der Waals surface area (Å²) in [7, 11) is 0. The van der Waals surface area contributed by atoms with Crippen molar-refractivity contribution in [3.05, 3.63) is 84.4 Å². The van der Waals surface area contributed by atoms with Crippen molar-refractivity contribution < 1.29 is 23.7 Å². The summed E-state index contributed by atoms with van der Waals surface area (Å²) in [4.78, 5) is 4.94. The maximum Gasteiger partial charge on any atom is 0.104 e. The molecule has 3 rings (SSSR count). The molecule has 37 heavy (non-hydrogen) atoms. The molecule has 0 saturated carbocycles. The van der Waals surface area contributed by atoms with E-state index in [0.717, 1.165) is 39.3 Å². The first kappa shape index (κ1) is 29.5. The number of rotatable bonds is 8. The topological polar surface area (TPSA) is 52.6 Å². The van der Waals surface area contributed by atoms with Gasteiger partial charge >= 0.3 is 0 Å². The average Bonchev–Trinajstić information content (AvgIpc) is 2.93. The van der Waals surface area contributed by atoms with Gasteiger partial charge in [0.05, 0.1) is 59.5 Å². The van der Waals surface area contributed by atoms with Gasteiger partial charge in [0.15, 0.2) is 0 Å². The highest BCUT2D eigenvalue weighted by atomic mass is 16.6. The number of benzene rings is 2. The first-order valence-corrected chi connectivity index (χ1v) is 13.4. The summed E-state index contributed by atoms with van der Waals surface area (Å²) in [5.74, 6) is 0. The molecule has 0 aliphatic carbocycles. The molecular formula is C30H44N2O5. The van der Waals surface area contributed by atoms with Crippen LogP contribution in [-0.2, 0) is 36.8 Å². The van der Waals surface area contributed by atoms with Gasteiger partial charge in [0.25, 0.3) is 0 Å². The molecule has 1 unspecified atom stereocenters. The molecule has 0 bridgehead atoms. The highest BCUT2D eigenvalue weighted by molar-refractivity contribution is 5.15. The minimum absolute atomic E-state index is 0.140. The lowest BCUT2D eigenvalue weighted by molar-refractivity contribution is -0.0771.